The number of methoxy groups -OCH3 is 2. The molecule has 1 N–H and O–H groups in total. The summed E-state index contributed by atoms with van der Waals surface area (Å²) in [7, 11) is 3.32. The third-order valence-electron chi connectivity index (χ3n) is 6.07. The highest BCUT2D eigenvalue weighted by Gasteiger charge is 2.23. The van der Waals surface area contributed by atoms with Crippen molar-refractivity contribution in [3.8, 4) is 11.5 Å². The number of hydrogen-bond acceptors (Lipinski definition) is 5. The van der Waals surface area contributed by atoms with Crippen molar-refractivity contribution >= 4 is 5.91 Å². The van der Waals surface area contributed by atoms with Gasteiger partial charge in [-0.1, -0.05) is 13.0 Å². The van der Waals surface area contributed by atoms with Crippen LogP contribution < -0.4 is 14.8 Å². The Hall–Kier alpha value is -1.79. The van der Waals surface area contributed by atoms with Crippen LogP contribution in [0, 0.1) is 5.92 Å². The summed E-state index contributed by atoms with van der Waals surface area (Å²) in [6.45, 7) is 7.53. The molecule has 1 saturated carbocycles. The van der Waals surface area contributed by atoms with Crippen LogP contribution in [0.3, 0.4) is 0 Å². The summed E-state index contributed by atoms with van der Waals surface area (Å²) in [5.41, 5.74) is 1.22. The van der Waals surface area contributed by atoms with E-state index in [1.165, 1.54) is 18.4 Å². The number of carbonyl (C=O) groups is 1. The molecule has 2 fully saturated rings. The first-order valence-corrected chi connectivity index (χ1v) is 10.5. The van der Waals surface area contributed by atoms with E-state index in [9.17, 15) is 4.79 Å². The molecule has 0 bridgehead atoms. The van der Waals surface area contributed by atoms with Crippen molar-refractivity contribution in [2.24, 2.45) is 5.92 Å². The summed E-state index contributed by atoms with van der Waals surface area (Å²) in [6.07, 6.45) is 4.73. The zero-order valence-electron chi connectivity index (χ0n) is 17.6. The summed E-state index contributed by atoms with van der Waals surface area (Å²) < 4.78 is 10.7. The minimum atomic E-state index is 0.188. The molecule has 6 nitrogen and oxygen atoms in total. The van der Waals surface area contributed by atoms with E-state index in [4.69, 9.17) is 9.47 Å². The average molecular weight is 390 g/mol. The molecular formula is C22H35N3O3. The fourth-order valence-electron chi connectivity index (χ4n) is 4.22. The van der Waals surface area contributed by atoms with Gasteiger partial charge in [-0.2, -0.15) is 0 Å². The van der Waals surface area contributed by atoms with E-state index in [2.05, 4.69) is 28.1 Å². The standard InChI is InChI=1S/C22H35N3O3/c1-17-4-7-19(8-5-17)23-22(26)16-25-12-10-24(11-13-25)15-18-6-9-20(27-2)21(14-18)28-3/h6,9,14,17,19H,4-5,7-8,10-13,15-16H2,1-3H3,(H,23,26). The molecule has 0 aromatic heterocycles. The highest BCUT2D eigenvalue weighted by Crippen LogP contribution is 2.28. The van der Waals surface area contributed by atoms with Crippen molar-refractivity contribution in [1.82, 2.24) is 15.1 Å². The van der Waals surface area contributed by atoms with Gasteiger partial charge in [0.1, 0.15) is 0 Å². The van der Waals surface area contributed by atoms with Crippen LogP contribution in [0.4, 0.5) is 0 Å². The largest absolute Gasteiger partial charge is 0.493 e. The fraction of sp³-hybridized carbons (Fsp3) is 0.682. The van der Waals surface area contributed by atoms with Crippen LogP contribution in [0.1, 0.15) is 38.2 Å². The lowest BCUT2D eigenvalue weighted by atomic mass is 9.87. The smallest absolute Gasteiger partial charge is 0.234 e. The lowest BCUT2D eigenvalue weighted by Crippen LogP contribution is -2.50. The molecule has 1 heterocycles. The molecule has 0 radical (unpaired) electrons. The minimum Gasteiger partial charge on any atom is -0.493 e. The van der Waals surface area contributed by atoms with Gasteiger partial charge >= 0.3 is 0 Å². The Bertz CT molecular complexity index is 636. The maximum absolute atomic E-state index is 12.4. The zero-order valence-corrected chi connectivity index (χ0v) is 17.6. The number of ether oxygens (including phenoxy) is 2. The van der Waals surface area contributed by atoms with Crippen LogP contribution in [0.25, 0.3) is 0 Å². The Labute approximate surface area is 169 Å². The van der Waals surface area contributed by atoms with Crippen LogP contribution in [0.2, 0.25) is 0 Å². The molecule has 1 amide bonds. The predicted octanol–water partition coefficient (Wildman–Crippen LogP) is 2.52. The van der Waals surface area contributed by atoms with Gasteiger partial charge in [0.15, 0.2) is 11.5 Å². The molecule has 0 spiro atoms. The van der Waals surface area contributed by atoms with E-state index in [1.54, 1.807) is 14.2 Å². The second kappa shape index (κ2) is 10.1. The Morgan fingerprint density at radius 1 is 1.00 bits per heavy atom. The first-order chi connectivity index (χ1) is 13.6. The number of nitrogens with zero attached hydrogens (tertiary/aromatic N) is 2. The van der Waals surface area contributed by atoms with Gasteiger partial charge in [-0.05, 0) is 49.3 Å². The number of nitrogens with one attached hydrogen (secondary N) is 1. The van der Waals surface area contributed by atoms with Crippen molar-refractivity contribution in [2.45, 2.75) is 45.2 Å². The van der Waals surface area contributed by atoms with Crippen LogP contribution in [-0.4, -0.2) is 68.7 Å². The molecule has 2 aliphatic rings. The summed E-state index contributed by atoms with van der Waals surface area (Å²) >= 11 is 0. The van der Waals surface area contributed by atoms with Crippen LogP contribution >= 0.6 is 0 Å². The van der Waals surface area contributed by atoms with Gasteiger partial charge < -0.3 is 14.8 Å². The highest BCUT2D eigenvalue weighted by atomic mass is 16.5. The minimum absolute atomic E-state index is 0.188. The van der Waals surface area contributed by atoms with Gasteiger partial charge in [-0.15, -0.1) is 0 Å². The number of benzene rings is 1. The highest BCUT2D eigenvalue weighted by molar-refractivity contribution is 5.78. The summed E-state index contributed by atoms with van der Waals surface area (Å²) in [5.74, 6) is 2.53. The summed E-state index contributed by atoms with van der Waals surface area (Å²) in [5, 5.41) is 3.24. The predicted molar refractivity (Wildman–Crippen MR) is 111 cm³/mol. The summed E-state index contributed by atoms with van der Waals surface area (Å²) in [4.78, 5) is 17.1. The van der Waals surface area contributed by atoms with Crippen LogP contribution in [-0.2, 0) is 11.3 Å². The second-order valence-electron chi connectivity index (χ2n) is 8.27. The van der Waals surface area contributed by atoms with E-state index in [0.717, 1.165) is 63.0 Å². The van der Waals surface area contributed by atoms with E-state index < -0.39 is 0 Å². The van der Waals surface area contributed by atoms with Gasteiger partial charge in [-0.25, -0.2) is 0 Å². The molecule has 1 aliphatic carbocycles. The van der Waals surface area contributed by atoms with E-state index in [1.807, 2.05) is 12.1 Å². The van der Waals surface area contributed by atoms with Crippen molar-refractivity contribution in [3.05, 3.63) is 23.8 Å². The summed E-state index contributed by atoms with van der Waals surface area (Å²) in [6, 6.07) is 6.48. The number of carbonyl (C=O) groups excluding carboxylic acids is 1. The number of piperazine rings is 1. The Kier molecular flexibility index (Phi) is 7.57. The van der Waals surface area contributed by atoms with Gasteiger partial charge in [0.2, 0.25) is 5.91 Å². The maximum Gasteiger partial charge on any atom is 0.234 e. The molecule has 6 heteroatoms. The molecule has 1 aromatic carbocycles. The molecule has 1 aliphatic heterocycles. The van der Waals surface area contributed by atoms with E-state index >= 15 is 0 Å². The number of amides is 1. The molecule has 0 atom stereocenters. The maximum atomic E-state index is 12.4. The number of rotatable bonds is 7. The third kappa shape index (κ3) is 5.85. The average Bonchev–Trinajstić information content (AvgIpc) is 2.71. The lowest BCUT2D eigenvalue weighted by Gasteiger charge is -2.35. The number of hydrogen-bond donors (Lipinski definition) is 1. The molecule has 1 aromatic rings. The van der Waals surface area contributed by atoms with Crippen molar-refractivity contribution in [1.29, 1.82) is 0 Å². The van der Waals surface area contributed by atoms with Gasteiger partial charge in [-0.3, -0.25) is 14.6 Å². The molecule has 28 heavy (non-hydrogen) atoms. The zero-order chi connectivity index (χ0) is 19.9. The quantitative estimate of drug-likeness (QED) is 0.777. The lowest BCUT2D eigenvalue weighted by molar-refractivity contribution is -0.123. The first-order valence-electron chi connectivity index (χ1n) is 10.5. The van der Waals surface area contributed by atoms with Crippen molar-refractivity contribution in [2.75, 3.05) is 46.9 Å². The molecule has 156 valence electrons. The Morgan fingerprint density at radius 3 is 2.29 bits per heavy atom. The Morgan fingerprint density at radius 2 is 1.64 bits per heavy atom. The first kappa shape index (κ1) is 20.9. The molecule has 3 rings (SSSR count). The molecular weight excluding hydrogens is 354 g/mol. The van der Waals surface area contributed by atoms with Crippen molar-refractivity contribution < 1.29 is 14.3 Å². The van der Waals surface area contributed by atoms with E-state index in [-0.39, 0.29) is 5.91 Å². The van der Waals surface area contributed by atoms with Crippen LogP contribution in [0.5, 0.6) is 11.5 Å². The monoisotopic (exact) mass is 389 g/mol. The SMILES string of the molecule is COc1ccc(CN2CCN(CC(=O)NC3CCC(C)CC3)CC2)cc1OC. The topological polar surface area (TPSA) is 54.0 Å². The fourth-order valence-corrected chi connectivity index (χ4v) is 4.22. The van der Waals surface area contributed by atoms with Gasteiger partial charge in [0, 0.05) is 38.8 Å². The van der Waals surface area contributed by atoms with Crippen LogP contribution in [0.15, 0.2) is 18.2 Å². The van der Waals surface area contributed by atoms with Gasteiger partial charge in [0.05, 0.1) is 20.8 Å². The molecule has 1 saturated heterocycles. The molecule has 0 unspecified atom stereocenters. The Balaban J connectivity index is 1.40. The third-order valence-corrected chi connectivity index (χ3v) is 6.07. The van der Waals surface area contributed by atoms with E-state index in [0.29, 0.717) is 12.6 Å². The van der Waals surface area contributed by atoms with Crippen molar-refractivity contribution in [3.63, 3.8) is 0 Å². The normalized spacial score (nSPS) is 24.0. The second-order valence-corrected chi connectivity index (χ2v) is 8.27. The van der Waals surface area contributed by atoms with Gasteiger partial charge in [0.25, 0.3) is 0 Å².